The highest BCUT2D eigenvalue weighted by molar-refractivity contribution is 7.45. The number of rotatable bonds is 59. The number of hydrogen-bond donors (Lipinski definition) is 0. The van der Waals surface area contributed by atoms with Gasteiger partial charge in [-0.15, -0.1) is 0 Å². The fraction of sp³-hybridized carbons (Fsp3) is 0.500. The Kier molecular flexibility index (Phi) is 63.0. The average molecular weight is 1260 g/mol. The first kappa shape index (κ1) is 84.1. The van der Waals surface area contributed by atoms with Crippen LogP contribution >= 0.6 is 7.82 Å². The molecule has 0 aliphatic carbocycles. The maximum atomic E-state index is 12.9. The molecule has 0 rings (SSSR count). The van der Waals surface area contributed by atoms with Gasteiger partial charge in [0.1, 0.15) is 19.8 Å². The van der Waals surface area contributed by atoms with E-state index in [1.54, 1.807) is 0 Å². The summed E-state index contributed by atoms with van der Waals surface area (Å²) in [6.45, 7) is 3.90. The van der Waals surface area contributed by atoms with E-state index in [0.717, 1.165) is 167 Å². The molecule has 0 radical (unpaired) electrons. The van der Waals surface area contributed by atoms with E-state index in [2.05, 4.69) is 245 Å². The number of phosphoric acid groups is 1. The van der Waals surface area contributed by atoms with Gasteiger partial charge < -0.3 is 27.9 Å². The van der Waals surface area contributed by atoms with Crippen molar-refractivity contribution in [3.63, 3.8) is 0 Å². The Morgan fingerprint density at radius 3 is 0.889 bits per heavy atom. The van der Waals surface area contributed by atoms with Gasteiger partial charge in [-0.3, -0.25) is 14.2 Å². The lowest BCUT2D eigenvalue weighted by molar-refractivity contribution is -0.870. The van der Waals surface area contributed by atoms with E-state index in [4.69, 9.17) is 18.5 Å². The summed E-state index contributed by atoms with van der Waals surface area (Å²) in [5.74, 6) is -0.924. The first-order valence-electron chi connectivity index (χ1n) is 34.1. The molecule has 0 N–H and O–H groups in total. The third-order valence-corrected chi connectivity index (χ3v) is 14.1. The van der Waals surface area contributed by atoms with E-state index in [9.17, 15) is 19.0 Å². The third-order valence-electron chi connectivity index (χ3n) is 13.2. The molecule has 0 aromatic rings. The zero-order valence-corrected chi connectivity index (χ0v) is 57.6. The van der Waals surface area contributed by atoms with Gasteiger partial charge in [-0.05, 0) is 161 Å². The summed E-state index contributed by atoms with van der Waals surface area (Å²) < 4.78 is 34.2. The number of hydrogen-bond acceptors (Lipinski definition) is 8. The summed E-state index contributed by atoms with van der Waals surface area (Å²) in [7, 11) is 1.09. The Balaban J connectivity index is 4.31. The van der Waals surface area contributed by atoms with Crippen molar-refractivity contribution in [1.82, 2.24) is 0 Å². The topological polar surface area (TPSA) is 111 Å². The standard InChI is InChI=1S/C80H122NO8P/c1-6-8-10-12-14-16-18-20-22-24-26-28-30-32-34-36-38-39-40-41-43-45-47-49-51-53-55-57-59-61-63-65-67-69-71-73-80(83)89-78(77-88-90(84,85)87-75-74-81(3,4)5)76-86-79(82)72-70-68-66-64-62-60-58-56-54-52-50-48-46-44-42-37-35-33-31-29-27-25-23-21-19-17-15-13-11-9-7-2/h8-11,14-17,20-23,26-29,32-35,38-39,41-44,47-50,53-56,59-62,78H,6-7,12-13,18-19,24-25,30-31,36-37,40,45-46,51-52,57-58,63-77H2,1-5H3/b10-8-,11-9-,16-14-,17-15-,22-20-,23-21-,28-26-,29-27-,34-32-,35-33-,39-38-,43-41-,44-42-,49-47-,50-48-,55-53-,56-54-,61-59-,62-60-. The number of ether oxygens (including phenoxy) is 2. The minimum Gasteiger partial charge on any atom is -0.756 e. The Morgan fingerprint density at radius 2 is 0.600 bits per heavy atom. The number of phosphoric ester groups is 1. The van der Waals surface area contributed by atoms with Crippen molar-refractivity contribution < 1.29 is 42.1 Å². The Bertz CT molecular complexity index is 2370. The number of allylic oxidation sites excluding steroid dienone is 38. The number of quaternary nitrogens is 1. The molecule has 0 aromatic heterocycles. The second-order valence-corrected chi connectivity index (χ2v) is 24.1. The fourth-order valence-electron chi connectivity index (χ4n) is 8.03. The number of unbranched alkanes of at least 4 members (excludes halogenated alkanes) is 7. The number of esters is 2. The van der Waals surface area contributed by atoms with Crippen molar-refractivity contribution >= 4 is 19.8 Å². The van der Waals surface area contributed by atoms with E-state index in [1.807, 2.05) is 21.1 Å². The van der Waals surface area contributed by atoms with Crippen LogP contribution in [0.5, 0.6) is 0 Å². The highest BCUT2D eigenvalue weighted by Crippen LogP contribution is 2.38. The molecule has 500 valence electrons. The Labute approximate surface area is 550 Å². The van der Waals surface area contributed by atoms with E-state index >= 15 is 0 Å². The van der Waals surface area contributed by atoms with Crippen LogP contribution in [0.1, 0.15) is 206 Å². The molecule has 10 heteroatoms. The molecular formula is C80H122NO8P. The zero-order chi connectivity index (χ0) is 65.5. The van der Waals surface area contributed by atoms with Gasteiger partial charge in [0.2, 0.25) is 0 Å². The summed E-state index contributed by atoms with van der Waals surface area (Å²) in [6.07, 6.45) is 110. The van der Waals surface area contributed by atoms with Crippen LogP contribution in [0.2, 0.25) is 0 Å². The summed E-state index contributed by atoms with van der Waals surface area (Å²) in [6, 6.07) is 0. The van der Waals surface area contributed by atoms with Gasteiger partial charge in [-0.1, -0.05) is 264 Å². The highest BCUT2D eigenvalue weighted by Gasteiger charge is 2.22. The molecule has 0 saturated heterocycles. The molecule has 2 unspecified atom stereocenters. The van der Waals surface area contributed by atoms with Crippen LogP contribution in [-0.2, 0) is 32.7 Å². The van der Waals surface area contributed by atoms with Crippen molar-refractivity contribution in [3.8, 4) is 0 Å². The lowest BCUT2D eigenvalue weighted by Crippen LogP contribution is -2.37. The van der Waals surface area contributed by atoms with Crippen molar-refractivity contribution in [2.24, 2.45) is 0 Å². The van der Waals surface area contributed by atoms with Gasteiger partial charge >= 0.3 is 11.9 Å². The fourth-order valence-corrected chi connectivity index (χ4v) is 8.76. The molecule has 0 fully saturated rings. The number of nitrogens with zero attached hydrogens (tertiary/aromatic N) is 1. The molecule has 90 heavy (non-hydrogen) atoms. The van der Waals surface area contributed by atoms with Crippen LogP contribution in [0.25, 0.3) is 0 Å². The minimum absolute atomic E-state index is 0.0564. The molecule has 0 aromatic carbocycles. The molecule has 0 aliphatic rings. The number of likely N-dealkylation sites (N-methyl/N-ethyl adjacent to an activating group) is 1. The van der Waals surface area contributed by atoms with Crippen molar-refractivity contribution in [3.05, 3.63) is 231 Å². The summed E-state index contributed by atoms with van der Waals surface area (Å²) in [5.41, 5.74) is 0. The quantitative estimate of drug-likeness (QED) is 0.0195. The lowest BCUT2D eigenvalue weighted by atomic mass is 10.1. The van der Waals surface area contributed by atoms with Crippen molar-refractivity contribution in [1.29, 1.82) is 0 Å². The number of carbonyl (C=O) groups excluding carboxylic acids is 2. The molecule has 0 heterocycles. The van der Waals surface area contributed by atoms with Crippen molar-refractivity contribution in [2.75, 3.05) is 47.5 Å². The zero-order valence-electron chi connectivity index (χ0n) is 56.7. The van der Waals surface area contributed by atoms with Gasteiger partial charge in [-0.25, -0.2) is 0 Å². The molecule has 9 nitrogen and oxygen atoms in total. The van der Waals surface area contributed by atoms with E-state index in [0.29, 0.717) is 23.9 Å². The van der Waals surface area contributed by atoms with Gasteiger partial charge in [0, 0.05) is 12.8 Å². The van der Waals surface area contributed by atoms with Gasteiger partial charge in [-0.2, -0.15) is 0 Å². The molecule has 2 atom stereocenters. The monoisotopic (exact) mass is 1260 g/mol. The largest absolute Gasteiger partial charge is 0.756 e. The molecular weight excluding hydrogens is 1130 g/mol. The predicted molar refractivity (Wildman–Crippen MR) is 387 cm³/mol. The molecule has 0 amide bonds. The first-order valence-corrected chi connectivity index (χ1v) is 35.6. The second kappa shape index (κ2) is 67.5. The van der Waals surface area contributed by atoms with Crippen molar-refractivity contribution in [2.45, 2.75) is 213 Å². The molecule has 0 saturated carbocycles. The van der Waals surface area contributed by atoms with Crippen LogP contribution < -0.4 is 4.89 Å². The predicted octanol–water partition coefficient (Wildman–Crippen LogP) is 22.0. The van der Waals surface area contributed by atoms with Crippen LogP contribution in [-0.4, -0.2) is 70.0 Å². The van der Waals surface area contributed by atoms with E-state index < -0.39 is 32.5 Å². The maximum absolute atomic E-state index is 12.9. The molecule has 0 aliphatic heterocycles. The van der Waals surface area contributed by atoms with Crippen LogP contribution in [0.4, 0.5) is 0 Å². The average Bonchev–Trinajstić information content (AvgIpc) is 3.61. The first-order chi connectivity index (χ1) is 44.0. The van der Waals surface area contributed by atoms with Gasteiger partial charge in [0.25, 0.3) is 7.82 Å². The van der Waals surface area contributed by atoms with E-state index in [-0.39, 0.29) is 26.1 Å². The Morgan fingerprint density at radius 1 is 0.344 bits per heavy atom. The van der Waals surface area contributed by atoms with E-state index in [1.165, 1.54) is 0 Å². The summed E-state index contributed by atoms with van der Waals surface area (Å²) in [5, 5.41) is 0. The van der Waals surface area contributed by atoms with Gasteiger partial charge in [0.15, 0.2) is 6.10 Å². The Hall–Kier alpha value is -5.93. The summed E-state index contributed by atoms with van der Waals surface area (Å²) >= 11 is 0. The molecule has 0 spiro atoms. The lowest BCUT2D eigenvalue weighted by Gasteiger charge is -2.28. The van der Waals surface area contributed by atoms with Crippen LogP contribution in [0, 0.1) is 0 Å². The van der Waals surface area contributed by atoms with Crippen LogP contribution in [0.3, 0.4) is 0 Å². The molecule has 0 bridgehead atoms. The minimum atomic E-state index is -4.68. The highest BCUT2D eigenvalue weighted by atomic mass is 31.2. The number of carbonyl (C=O) groups is 2. The maximum Gasteiger partial charge on any atom is 0.306 e. The summed E-state index contributed by atoms with van der Waals surface area (Å²) in [4.78, 5) is 38.0. The smallest absolute Gasteiger partial charge is 0.306 e. The van der Waals surface area contributed by atoms with Gasteiger partial charge in [0.05, 0.1) is 27.7 Å². The third kappa shape index (κ3) is 71.1. The SMILES string of the molecule is CC/C=C\C/C=C\C/C=C\C/C=C\C/C=C\C/C=C\C/C=C\C/C=C\C/C=C\C/C=C\CCCCCCC(=O)OC(COC(=O)CCCCC/C=C\C/C=C\C/C=C\C/C=C\C/C=C\C/C=C\C/C=C\C/C=C\C/C=C\CC)COP(=O)([O-])OCC[N+](C)(C)C. The normalized spacial score (nSPS) is 14.6. The second-order valence-electron chi connectivity index (χ2n) is 22.7. The van der Waals surface area contributed by atoms with Crippen LogP contribution in [0.15, 0.2) is 231 Å².